The Labute approximate surface area is 142 Å². The molecule has 0 fully saturated rings. The van der Waals surface area contributed by atoms with Crippen molar-refractivity contribution in [2.45, 2.75) is 58.7 Å². The summed E-state index contributed by atoms with van der Waals surface area (Å²) in [6.07, 6.45) is -0.394. The van der Waals surface area contributed by atoms with Crippen LogP contribution in [0.2, 0.25) is 0 Å². The van der Waals surface area contributed by atoms with E-state index in [1.54, 1.807) is 0 Å². The Kier molecular flexibility index (Phi) is 6.44. The number of nitrogens with one attached hydrogen (secondary N) is 2. The van der Waals surface area contributed by atoms with Gasteiger partial charge in [-0.3, -0.25) is 0 Å². The normalized spacial score (nSPS) is 13.6. The number of amides is 1. The number of halogens is 1. The van der Waals surface area contributed by atoms with E-state index in [-0.39, 0.29) is 6.04 Å². The highest BCUT2D eigenvalue weighted by molar-refractivity contribution is 9.10. The molecule has 1 unspecified atom stereocenters. The van der Waals surface area contributed by atoms with Gasteiger partial charge in [-0.15, -0.1) is 0 Å². The van der Waals surface area contributed by atoms with Crippen LogP contribution in [0.4, 0.5) is 4.79 Å². The first-order valence-electron chi connectivity index (χ1n) is 7.48. The number of alkyl carbamates (subject to hydrolysis) is 1. The van der Waals surface area contributed by atoms with Crippen LogP contribution < -0.4 is 10.6 Å². The fraction of sp³-hybridized carbons (Fsp3) is 0.588. The van der Waals surface area contributed by atoms with E-state index < -0.39 is 17.2 Å². The molecule has 0 spiro atoms. The van der Waals surface area contributed by atoms with Crippen LogP contribution in [0.3, 0.4) is 0 Å². The molecule has 2 N–H and O–H groups in total. The van der Waals surface area contributed by atoms with E-state index in [9.17, 15) is 4.79 Å². The first-order chi connectivity index (χ1) is 9.98. The number of benzene rings is 1. The quantitative estimate of drug-likeness (QED) is 0.807. The molecule has 1 atom stereocenters. The molecular weight excluding hydrogens is 344 g/mol. The van der Waals surface area contributed by atoms with Gasteiger partial charge in [-0.05, 0) is 59.2 Å². The molecule has 0 saturated heterocycles. The van der Waals surface area contributed by atoms with Gasteiger partial charge in [-0.1, -0.05) is 28.1 Å². The molecule has 0 aromatic heterocycles. The third-order valence-electron chi connectivity index (χ3n) is 3.04. The predicted molar refractivity (Wildman–Crippen MR) is 94.0 cm³/mol. The molecule has 0 aliphatic heterocycles. The third-order valence-corrected chi connectivity index (χ3v) is 3.53. The van der Waals surface area contributed by atoms with Crippen molar-refractivity contribution in [2.24, 2.45) is 0 Å². The minimum absolute atomic E-state index is 0.192. The highest BCUT2D eigenvalue weighted by atomic mass is 79.9. The molecule has 0 aliphatic rings. The fourth-order valence-corrected chi connectivity index (χ4v) is 2.34. The smallest absolute Gasteiger partial charge is 0.408 e. The molecule has 1 rings (SSSR count). The maximum absolute atomic E-state index is 11.9. The number of ether oxygens (including phenoxy) is 1. The molecule has 1 aromatic rings. The van der Waals surface area contributed by atoms with Gasteiger partial charge in [0.25, 0.3) is 0 Å². The lowest BCUT2D eigenvalue weighted by atomic mass is 10.0. The van der Waals surface area contributed by atoms with Crippen molar-refractivity contribution < 1.29 is 9.53 Å². The average molecular weight is 371 g/mol. The zero-order valence-electron chi connectivity index (χ0n) is 14.3. The van der Waals surface area contributed by atoms with E-state index in [0.717, 1.165) is 4.47 Å². The summed E-state index contributed by atoms with van der Waals surface area (Å²) in [5.41, 5.74) is 0.308. The molecule has 1 amide bonds. The number of carbonyl (C=O) groups is 1. The van der Waals surface area contributed by atoms with Crippen molar-refractivity contribution in [3.05, 3.63) is 34.3 Å². The van der Waals surface area contributed by atoms with Crippen LogP contribution in [0.1, 0.15) is 53.1 Å². The predicted octanol–water partition coefficient (Wildman–Crippen LogP) is 4.40. The van der Waals surface area contributed by atoms with Gasteiger partial charge >= 0.3 is 6.09 Å². The molecule has 0 heterocycles. The van der Waals surface area contributed by atoms with Crippen molar-refractivity contribution in [3.8, 4) is 0 Å². The van der Waals surface area contributed by atoms with Gasteiger partial charge in [0.05, 0.1) is 5.54 Å². The average Bonchev–Trinajstić information content (AvgIpc) is 2.33. The number of rotatable bonds is 5. The summed E-state index contributed by atoms with van der Waals surface area (Å²) in [4.78, 5) is 11.9. The lowest BCUT2D eigenvalue weighted by molar-refractivity contribution is 0.0471. The summed E-state index contributed by atoms with van der Waals surface area (Å²) in [6.45, 7) is 12.2. The molecule has 0 saturated carbocycles. The van der Waals surface area contributed by atoms with Gasteiger partial charge in [-0.25, -0.2) is 4.79 Å². The van der Waals surface area contributed by atoms with Crippen molar-refractivity contribution in [3.63, 3.8) is 0 Å². The SMILES string of the molecule is CC(NCC(C)(C)NC(=O)OC(C)(C)C)c1cccc(Br)c1. The Morgan fingerprint density at radius 2 is 1.91 bits per heavy atom. The monoisotopic (exact) mass is 370 g/mol. The van der Waals surface area contributed by atoms with E-state index in [1.807, 2.05) is 46.8 Å². The Morgan fingerprint density at radius 1 is 1.27 bits per heavy atom. The standard InChI is InChI=1S/C17H27BrN2O2/c1-12(13-8-7-9-14(18)10-13)19-11-17(5,6)20-15(21)22-16(2,3)4/h7-10,12,19H,11H2,1-6H3,(H,20,21). The minimum atomic E-state index is -0.489. The zero-order valence-corrected chi connectivity index (χ0v) is 15.9. The molecular formula is C17H27BrN2O2. The number of carbonyl (C=O) groups excluding carboxylic acids is 1. The van der Waals surface area contributed by atoms with E-state index in [0.29, 0.717) is 6.54 Å². The molecule has 0 bridgehead atoms. The maximum Gasteiger partial charge on any atom is 0.408 e. The Bertz CT molecular complexity index is 510. The largest absolute Gasteiger partial charge is 0.444 e. The van der Waals surface area contributed by atoms with Crippen molar-refractivity contribution in [1.29, 1.82) is 0 Å². The first-order valence-corrected chi connectivity index (χ1v) is 8.28. The highest BCUT2D eigenvalue weighted by Crippen LogP contribution is 2.18. The minimum Gasteiger partial charge on any atom is -0.444 e. The van der Waals surface area contributed by atoms with Crippen LogP contribution in [0.25, 0.3) is 0 Å². The molecule has 4 nitrogen and oxygen atoms in total. The molecule has 124 valence electrons. The van der Waals surface area contributed by atoms with Crippen molar-refractivity contribution in [2.75, 3.05) is 6.54 Å². The molecule has 22 heavy (non-hydrogen) atoms. The van der Waals surface area contributed by atoms with E-state index in [1.165, 1.54) is 5.56 Å². The number of hydrogen-bond acceptors (Lipinski definition) is 3. The van der Waals surface area contributed by atoms with Gasteiger partial charge in [-0.2, -0.15) is 0 Å². The van der Waals surface area contributed by atoms with Gasteiger partial charge in [0.2, 0.25) is 0 Å². The Morgan fingerprint density at radius 3 is 2.45 bits per heavy atom. The second kappa shape index (κ2) is 7.47. The summed E-state index contributed by atoms with van der Waals surface area (Å²) in [5.74, 6) is 0. The Hall–Kier alpha value is -1.07. The Balaban J connectivity index is 2.53. The summed E-state index contributed by atoms with van der Waals surface area (Å²) in [7, 11) is 0. The van der Waals surface area contributed by atoms with E-state index >= 15 is 0 Å². The molecule has 5 heteroatoms. The van der Waals surface area contributed by atoms with E-state index in [4.69, 9.17) is 4.74 Å². The first kappa shape index (κ1) is 19.0. The lowest BCUT2D eigenvalue weighted by Gasteiger charge is -2.30. The molecule has 1 aromatic carbocycles. The summed E-state index contributed by atoms with van der Waals surface area (Å²) in [5, 5.41) is 6.34. The van der Waals surface area contributed by atoms with Crippen LogP contribution in [0.5, 0.6) is 0 Å². The van der Waals surface area contributed by atoms with Crippen LogP contribution in [0.15, 0.2) is 28.7 Å². The highest BCUT2D eigenvalue weighted by Gasteiger charge is 2.25. The maximum atomic E-state index is 11.9. The van der Waals surface area contributed by atoms with E-state index in [2.05, 4.69) is 45.6 Å². The lowest BCUT2D eigenvalue weighted by Crippen LogP contribution is -2.51. The van der Waals surface area contributed by atoms with Crippen LogP contribution in [-0.2, 0) is 4.74 Å². The van der Waals surface area contributed by atoms with Gasteiger partial charge in [0.15, 0.2) is 0 Å². The molecule has 0 aliphatic carbocycles. The van der Waals surface area contributed by atoms with Gasteiger partial charge < -0.3 is 15.4 Å². The van der Waals surface area contributed by atoms with Gasteiger partial charge in [0.1, 0.15) is 5.60 Å². The summed E-state index contributed by atoms with van der Waals surface area (Å²) in [6, 6.07) is 8.38. The van der Waals surface area contributed by atoms with Gasteiger partial charge in [0, 0.05) is 17.1 Å². The molecule has 0 radical (unpaired) electrons. The third kappa shape index (κ3) is 7.27. The zero-order chi connectivity index (χ0) is 17.0. The second-order valence-corrected chi connectivity index (χ2v) is 8.08. The van der Waals surface area contributed by atoms with Crippen LogP contribution in [-0.4, -0.2) is 23.8 Å². The summed E-state index contributed by atoms with van der Waals surface area (Å²) >= 11 is 3.48. The van der Waals surface area contributed by atoms with Crippen molar-refractivity contribution in [1.82, 2.24) is 10.6 Å². The topological polar surface area (TPSA) is 50.4 Å². The summed E-state index contributed by atoms with van der Waals surface area (Å²) < 4.78 is 6.36. The second-order valence-electron chi connectivity index (χ2n) is 7.17. The van der Waals surface area contributed by atoms with Crippen LogP contribution in [0, 0.1) is 0 Å². The van der Waals surface area contributed by atoms with Crippen LogP contribution >= 0.6 is 15.9 Å². The fourth-order valence-electron chi connectivity index (χ4n) is 1.93. The number of hydrogen-bond donors (Lipinski definition) is 2. The van der Waals surface area contributed by atoms with Crippen molar-refractivity contribution >= 4 is 22.0 Å².